The van der Waals surface area contributed by atoms with Gasteiger partial charge >= 0.3 is 27.6 Å². The SMILES string of the molecule is CCCCC/C=C\C/C=C\CCCCCCCC(=O)O[C@H](COC(=O)CCCCCCCC1OC1C/C=C\CCCCC)COP(=O)(O)O[C@H]1C(O)C(O)C(O)[C@@H](OP(=O)(O)O)C1O. The molecule has 0 aromatic rings. The Balaban J connectivity index is 1.81. The molecule has 1 heterocycles. The quantitative estimate of drug-likeness (QED) is 0.0103. The molecule has 1 aliphatic carbocycles. The number of epoxide rings is 1. The minimum Gasteiger partial charge on any atom is -0.462 e. The normalized spacial score (nSPS) is 25.3. The molecule has 1 saturated heterocycles. The minimum atomic E-state index is -5.37. The van der Waals surface area contributed by atoms with E-state index >= 15 is 0 Å². The van der Waals surface area contributed by atoms with Crippen molar-refractivity contribution in [3.63, 3.8) is 0 Å². The van der Waals surface area contributed by atoms with Gasteiger partial charge in [0.15, 0.2) is 6.10 Å². The highest BCUT2D eigenvalue weighted by Crippen LogP contribution is 2.49. The number of hydrogen-bond acceptors (Lipinski definition) is 14. The number of aliphatic hydroxyl groups is 4. The summed E-state index contributed by atoms with van der Waals surface area (Å²) in [6.07, 6.45) is 21.2. The van der Waals surface area contributed by atoms with Crippen LogP contribution in [0.2, 0.25) is 0 Å². The van der Waals surface area contributed by atoms with Crippen molar-refractivity contribution >= 4 is 27.6 Å². The number of allylic oxidation sites excluding steroid dienone is 5. The van der Waals surface area contributed by atoms with Crippen LogP contribution >= 0.6 is 15.6 Å². The lowest BCUT2D eigenvalue weighted by atomic mass is 9.85. The lowest BCUT2D eigenvalue weighted by Gasteiger charge is -2.43. The number of esters is 2. The van der Waals surface area contributed by atoms with Crippen molar-refractivity contribution in [2.24, 2.45) is 0 Å². The Morgan fingerprint density at radius 2 is 1.09 bits per heavy atom. The zero-order chi connectivity index (χ0) is 47.2. The fourth-order valence-electron chi connectivity index (χ4n) is 7.30. The van der Waals surface area contributed by atoms with Crippen LogP contribution in [0.3, 0.4) is 0 Å². The summed E-state index contributed by atoms with van der Waals surface area (Å²) >= 11 is 0. The van der Waals surface area contributed by atoms with Crippen molar-refractivity contribution in [1.82, 2.24) is 0 Å². The second-order valence-electron chi connectivity index (χ2n) is 16.9. The van der Waals surface area contributed by atoms with Gasteiger partial charge in [-0.15, -0.1) is 0 Å². The smallest absolute Gasteiger partial charge is 0.462 e. The van der Waals surface area contributed by atoms with Crippen molar-refractivity contribution in [1.29, 1.82) is 0 Å². The van der Waals surface area contributed by atoms with E-state index < -0.39 is 83.5 Å². The Hall–Kier alpha value is -1.82. The predicted octanol–water partition coefficient (Wildman–Crippen LogP) is 7.72. The molecule has 2 rings (SSSR count). The average Bonchev–Trinajstić information content (AvgIpc) is 4.01. The van der Waals surface area contributed by atoms with Crippen LogP contribution in [0.15, 0.2) is 36.5 Å². The van der Waals surface area contributed by atoms with Gasteiger partial charge in [-0.25, -0.2) is 9.13 Å². The predicted molar refractivity (Wildman–Crippen MR) is 241 cm³/mol. The standard InChI is InChI=1S/C45H80O17P2/c1-3-5-7-9-11-12-13-14-15-16-17-18-19-23-28-32-39(47)59-35(34-58-64(55,56)62-45-42(50)40(48)41(49)44(43(45)51)61-63(52,53)54)33-57-38(46)31-27-24-20-22-26-30-37-36(60-37)29-25-21-10-8-6-4-2/h11-12,14-15,21,25,35-37,40-45,48-51H,3-10,13,16-20,22-24,26-34H2,1-2H3,(H,55,56)(H2,52,53,54)/b12-11-,15-14-,25-21-/t35-,36?,37?,40?,41?,42?,43?,44-,45+/m1/s1. The Morgan fingerprint density at radius 3 is 1.69 bits per heavy atom. The first-order valence-corrected chi connectivity index (χ1v) is 26.7. The van der Waals surface area contributed by atoms with E-state index in [1.54, 1.807) is 0 Å². The molecule has 0 bridgehead atoms. The van der Waals surface area contributed by atoms with Crippen LogP contribution < -0.4 is 0 Å². The average molecular weight is 955 g/mol. The highest BCUT2D eigenvalue weighted by molar-refractivity contribution is 7.47. The number of ether oxygens (including phenoxy) is 3. The van der Waals surface area contributed by atoms with Gasteiger partial charge in [0, 0.05) is 12.8 Å². The summed E-state index contributed by atoms with van der Waals surface area (Å²) < 4.78 is 55.1. The van der Waals surface area contributed by atoms with Crippen molar-refractivity contribution in [2.75, 3.05) is 13.2 Å². The topological polar surface area (TPSA) is 269 Å². The van der Waals surface area contributed by atoms with E-state index in [1.165, 1.54) is 38.5 Å². The van der Waals surface area contributed by atoms with Gasteiger partial charge in [0.2, 0.25) is 0 Å². The third kappa shape index (κ3) is 27.1. The number of rotatable bonds is 38. The summed E-state index contributed by atoms with van der Waals surface area (Å²) in [6.45, 7) is 3.02. The second-order valence-corrected chi connectivity index (χ2v) is 19.5. The van der Waals surface area contributed by atoms with Crippen LogP contribution in [0, 0.1) is 0 Å². The number of phosphoric ester groups is 2. The lowest BCUT2D eigenvalue weighted by molar-refractivity contribution is -0.216. The Morgan fingerprint density at radius 1 is 0.578 bits per heavy atom. The Kier molecular flexibility index (Phi) is 30.6. The van der Waals surface area contributed by atoms with Gasteiger partial charge in [0.25, 0.3) is 0 Å². The zero-order valence-corrected chi connectivity index (χ0v) is 39.9. The van der Waals surface area contributed by atoms with E-state index in [2.05, 4.69) is 54.8 Å². The summed E-state index contributed by atoms with van der Waals surface area (Å²) in [7, 11) is -10.7. The number of carbonyl (C=O) groups is 2. The van der Waals surface area contributed by atoms with E-state index in [0.717, 1.165) is 89.9 Å². The third-order valence-electron chi connectivity index (χ3n) is 11.1. The van der Waals surface area contributed by atoms with E-state index in [0.29, 0.717) is 25.0 Å². The summed E-state index contributed by atoms with van der Waals surface area (Å²) in [5.74, 6) is -1.24. The molecule has 0 spiro atoms. The molecule has 0 aromatic heterocycles. The third-order valence-corrected chi connectivity index (χ3v) is 12.6. The van der Waals surface area contributed by atoms with Gasteiger partial charge in [-0.05, 0) is 70.6 Å². The Bertz CT molecular complexity index is 1450. The molecular weight excluding hydrogens is 874 g/mol. The number of hydrogen-bond donors (Lipinski definition) is 7. The summed E-state index contributed by atoms with van der Waals surface area (Å²) in [5, 5.41) is 41.2. The summed E-state index contributed by atoms with van der Waals surface area (Å²) in [5.41, 5.74) is 0. The molecular formula is C45H80O17P2. The van der Waals surface area contributed by atoms with Crippen molar-refractivity contribution in [2.45, 2.75) is 223 Å². The molecule has 0 aromatic carbocycles. The van der Waals surface area contributed by atoms with Gasteiger partial charge in [-0.2, -0.15) is 0 Å². The van der Waals surface area contributed by atoms with Gasteiger partial charge in [0.1, 0.15) is 43.2 Å². The first kappa shape index (κ1) is 58.3. The first-order chi connectivity index (χ1) is 30.6. The van der Waals surface area contributed by atoms with Crippen LogP contribution in [0.25, 0.3) is 0 Å². The molecule has 64 heavy (non-hydrogen) atoms. The van der Waals surface area contributed by atoms with Crippen molar-refractivity contribution in [3.05, 3.63) is 36.5 Å². The van der Waals surface area contributed by atoms with E-state index in [4.69, 9.17) is 23.3 Å². The Labute approximate surface area is 380 Å². The molecule has 19 heteroatoms. The molecule has 2 aliphatic rings. The van der Waals surface area contributed by atoms with Crippen LogP contribution in [0.1, 0.15) is 168 Å². The minimum absolute atomic E-state index is 0.0214. The molecule has 0 radical (unpaired) electrons. The fourth-order valence-corrected chi connectivity index (χ4v) is 8.84. The van der Waals surface area contributed by atoms with E-state index in [1.807, 2.05) is 0 Å². The molecule has 17 nitrogen and oxygen atoms in total. The molecule has 0 amide bonds. The highest BCUT2D eigenvalue weighted by atomic mass is 31.2. The molecule has 2 fully saturated rings. The maximum Gasteiger partial charge on any atom is 0.472 e. The van der Waals surface area contributed by atoms with Crippen LogP contribution in [-0.4, -0.2) is 115 Å². The van der Waals surface area contributed by atoms with E-state index in [-0.39, 0.29) is 12.8 Å². The number of phosphoric acid groups is 2. The zero-order valence-electron chi connectivity index (χ0n) is 38.2. The first-order valence-electron chi connectivity index (χ1n) is 23.7. The molecule has 1 aliphatic heterocycles. The maximum absolute atomic E-state index is 13.0. The van der Waals surface area contributed by atoms with Gasteiger partial charge in [-0.1, -0.05) is 121 Å². The van der Waals surface area contributed by atoms with Crippen LogP contribution in [-0.2, 0) is 46.5 Å². The molecule has 10 atom stereocenters. The van der Waals surface area contributed by atoms with E-state index in [9.17, 15) is 53.8 Å². The van der Waals surface area contributed by atoms with Crippen molar-refractivity contribution < 1.29 is 81.6 Å². The monoisotopic (exact) mass is 954 g/mol. The summed E-state index contributed by atoms with van der Waals surface area (Å²) in [6, 6.07) is 0. The maximum atomic E-state index is 13.0. The highest BCUT2D eigenvalue weighted by Gasteiger charge is 2.54. The van der Waals surface area contributed by atoms with Crippen LogP contribution in [0.5, 0.6) is 0 Å². The molecule has 7 unspecified atom stereocenters. The summed E-state index contributed by atoms with van der Waals surface area (Å²) in [4.78, 5) is 54.3. The van der Waals surface area contributed by atoms with Crippen LogP contribution in [0.4, 0.5) is 0 Å². The number of unbranched alkanes of at least 4 members (excludes halogenated alkanes) is 15. The van der Waals surface area contributed by atoms with Gasteiger partial charge in [0.05, 0.1) is 18.8 Å². The van der Waals surface area contributed by atoms with Crippen molar-refractivity contribution in [3.8, 4) is 0 Å². The lowest BCUT2D eigenvalue weighted by Crippen LogP contribution is -2.64. The second kappa shape index (κ2) is 33.6. The molecule has 1 saturated carbocycles. The molecule has 7 N–H and O–H groups in total. The number of carbonyl (C=O) groups excluding carboxylic acids is 2. The van der Waals surface area contributed by atoms with Gasteiger partial charge in [-0.3, -0.25) is 23.2 Å². The molecule has 372 valence electrons. The number of aliphatic hydroxyl groups excluding tert-OH is 4. The van der Waals surface area contributed by atoms with Gasteiger partial charge < -0.3 is 49.3 Å². The largest absolute Gasteiger partial charge is 0.472 e. The fraction of sp³-hybridized carbons (Fsp3) is 0.822.